The van der Waals surface area contributed by atoms with Gasteiger partial charge in [-0.2, -0.15) is 0 Å². The summed E-state index contributed by atoms with van der Waals surface area (Å²) in [6, 6.07) is 11.1. The van der Waals surface area contributed by atoms with Gasteiger partial charge in [-0.3, -0.25) is 4.79 Å². The number of anilines is 1. The number of rotatable bonds is 0. The first-order valence-corrected chi connectivity index (χ1v) is 16.9. The number of halogens is 1. The molecule has 1 aliphatic carbocycles. The maximum absolute atomic E-state index is 13.2. The number of hydrogen-bond donors (Lipinski definition) is 1. The molecule has 8 nitrogen and oxygen atoms in total. The Balaban J connectivity index is 1.35. The minimum atomic E-state index is -3.87. The van der Waals surface area contributed by atoms with Crippen LogP contribution in [-0.2, 0) is 32.5 Å². The monoisotopic (exact) mass is 602 g/mol. The molecular formula is C31H39ClN2O6S. The third-order valence-corrected chi connectivity index (χ3v) is 10.7. The average Bonchev–Trinajstić information content (AvgIpc) is 2.95. The highest BCUT2D eigenvalue weighted by Crippen LogP contribution is 2.44. The van der Waals surface area contributed by atoms with Crippen LogP contribution in [0.5, 0.6) is 5.75 Å². The molecule has 1 amide bonds. The highest BCUT2D eigenvalue weighted by atomic mass is 35.5. The molecule has 4 bridgehead atoms. The Morgan fingerprint density at radius 3 is 2.73 bits per heavy atom. The molecule has 222 valence electrons. The minimum Gasteiger partial charge on any atom is -0.487 e. The van der Waals surface area contributed by atoms with Crippen LogP contribution in [0.25, 0.3) is 0 Å². The predicted molar refractivity (Wildman–Crippen MR) is 158 cm³/mol. The van der Waals surface area contributed by atoms with Crippen molar-refractivity contribution in [3.05, 3.63) is 58.1 Å². The fraction of sp³-hybridized carbons (Fsp3) is 0.581. The zero-order chi connectivity index (χ0) is 28.6. The number of benzene rings is 2. The molecule has 0 unspecified atom stereocenters. The van der Waals surface area contributed by atoms with E-state index >= 15 is 0 Å². The summed E-state index contributed by atoms with van der Waals surface area (Å²) in [7, 11) is -3.87. The van der Waals surface area contributed by atoms with Crippen molar-refractivity contribution in [2.45, 2.75) is 64.3 Å². The van der Waals surface area contributed by atoms with Crippen molar-refractivity contribution in [1.82, 2.24) is 4.72 Å². The van der Waals surface area contributed by atoms with E-state index in [9.17, 15) is 13.2 Å². The molecule has 0 radical (unpaired) electrons. The number of aryl methyl sites for hydroxylation is 1. The van der Waals surface area contributed by atoms with Crippen LogP contribution < -0.4 is 14.4 Å². The zero-order valence-corrected chi connectivity index (χ0v) is 25.1. The molecule has 1 saturated heterocycles. The van der Waals surface area contributed by atoms with Gasteiger partial charge in [-0.1, -0.05) is 24.6 Å². The summed E-state index contributed by atoms with van der Waals surface area (Å²) in [6.45, 7) is 4.74. The molecule has 41 heavy (non-hydrogen) atoms. The molecule has 0 spiro atoms. The first kappa shape index (κ1) is 28.8. The molecule has 0 aromatic heterocycles. The standard InChI is InChI=1S/C31H39ClN2O6S/c1-20-18-39-30-16-29(20)38-12-13-41(36,37)33-31(35)22-7-10-28-27(15-22)34(17-23-6-9-26(23)30)11-3-2-4-21-14-25(32)8-5-24(21)19-40-28/h5,7-8,10,14-15,20,23,26,29-30H,2-4,6,9,11-13,16-19H2,1H3,(H,33,35)/t20-,23+,26-,29-,30+/m1/s1. The summed E-state index contributed by atoms with van der Waals surface area (Å²) in [5.41, 5.74) is 3.40. The van der Waals surface area contributed by atoms with Crippen molar-refractivity contribution < 1.29 is 27.4 Å². The molecule has 10 heteroatoms. The number of carbonyl (C=O) groups excluding carboxylic acids is 1. The third kappa shape index (κ3) is 6.53. The smallest absolute Gasteiger partial charge is 0.264 e. The number of nitrogens with one attached hydrogen (secondary N) is 1. The van der Waals surface area contributed by atoms with Crippen LogP contribution in [0.15, 0.2) is 36.4 Å². The number of carbonyl (C=O) groups is 1. The van der Waals surface area contributed by atoms with Crippen molar-refractivity contribution in [1.29, 1.82) is 0 Å². The summed E-state index contributed by atoms with van der Waals surface area (Å²) < 4.78 is 46.7. The Morgan fingerprint density at radius 1 is 1.02 bits per heavy atom. The zero-order valence-electron chi connectivity index (χ0n) is 23.5. The first-order chi connectivity index (χ1) is 19.8. The molecule has 2 aromatic rings. The van der Waals surface area contributed by atoms with Gasteiger partial charge in [0.1, 0.15) is 12.4 Å². The lowest BCUT2D eigenvalue weighted by Crippen LogP contribution is -2.49. The van der Waals surface area contributed by atoms with Crippen molar-refractivity contribution >= 4 is 33.2 Å². The summed E-state index contributed by atoms with van der Waals surface area (Å²) in [4.78, 5) is 15.5. The van der Waals surface area contributed by atoms with Gasteiger partial charge < -0.3 is 19.1 Å². The SMILES string of the molecule is C[C@@H]1CO[C@H]2C[C@H]1OCCS(=O)(=O)NC(=O)c1ccc3c(c1)N(CCCCc1cc(Cl)ccc1CO3)C[C@@H]1CC[C@H]12. The van der Waals surface area contributed by atoms with Crippen molar-refractivity contribution in [2.24, 2.45) is 17.8 Å². The van der Waals surface area contributed by atoms with E-state index in [1.807, 2.05) is 18.2 Å². The van der Waals surface area contributed by atoms with Crippen LogP contribution >= 0.6 is 11.6 Å². The van der Waals surface area contributed by atoms with Crippen LogP contribution in [0.1, 0.15) is 60.5 Å². The fourth-order valence-corrected chi connectivity index (χ4v) is 7.69. The second kappa shape index (κ2) is 12.1. The van der Waals surface area contributed by atoms with Gasteiger partial charge in [-0.15, -0.1) is 0 Å². The van der Waals surface area contributed by atoms with Gasteiger partial charge in [0, 0.05) is 36.0 Å². The lowest BCUT2D eigenvalue weighted by molar-refractivity contribution is -0.139. The number of hydrogen-bond acceptors (Lipinski definition) is 7. The summed E-state index contributed by atoms with van der Waals surface area (Å²) in [5.74, 6) is 0.823. The first-order valence-electron chi connectivity index (χ1n) is 14.8. The summed E-state index contributed by atoms with van der Waals surface area (Å²) >= 11 is 6.31. The maximum Gasteiger partial charge on any atom is 0.264 e. The highest BCUT2D eigenvalue weighted by molar-refractivity contribution is 7.90. The van der Waals surface area contributed by atoms with E-state index < -0.39 is 15.9 Å². The highest BCUT2D eigenvalue weighted by Gasteiger charge is 2.42. The van der Waals surface area contributed by atoms with E-state index in [2.05, 4.69) is 16.5 Å². The predicted octanol–water partition coefficient (Wildman–Crippen LogP) is 4.97. The Labute approximate surface area is 247 Å². The Bertz CT molecular complexity index is 1380. The number of ether oxygens (including phenoxy) is 3. The maximum atomic E-state index is 13.2. The van der Waals surface area contributed by atoms with Crippen LogP contribution in [0.4, 0.5) is 5.69 Å². The summed E-state index contributed by atoms with van der Waals surface area (Å²) in [6.07, 6.45) is 5.91. The van der Waals surface area contributed by atoms with E-state index in [1.54, 1.807) is 18.2 Å². The van der Waals surface area contributed by atoms with Gasteiger partial charge in [-0.25, -0.2) is 13.1 Å². The molecule has 5 atom stereocenters. The Morgan fingerprint density at radius 2 is 1.90 bits per heavy atom. The number of nitrogens with zero attached hydrogens (tertiary/aromatic N) is 1. The van der Waals surface area contributed by atoms with Crippen molar-refractivity contribution in [2.75, 3.05) is 37.0 Å². The van der Waals surface area contributed by atoms with E-state index in [-0.39, 0.29) is 36.0 Å². The van der Waals surface area contributed by atoms with E-state index in [0.29, 0.717) is 30.8 Å². The lowest BCUT2D eigenvalue weighted by atomic mass is 9.68. The van der Waals surface area contributed by atoms with Crippen molar-refractivity contribution in [3.8, 4) is 5.75 Å². The Kier molecular flexibility index (Phi) is 8.50. The number of sulfonamides is 1. The molecule has 1 saturated carbocycles. The van der Waals surface area contributed by atoms with E-state index in [0.717, 1.165) is 67.9 Å². The summed E-state index contributed by atoms with van der Waals surface area (Å²) in [5, 5.41) is 0.721. The van der Waals surface area contributed by atoms with Gasteiger partial charge in [0.15, 0.2) is 0 Å². The van der Waals surface area contributed by atoms with Gasteiger partial charge in [0.25, 0.3) is 5.91 Å². The van der Waals surface area contributed by atoms with Crippen LogP contribution in [0.2, 0.25) is 5.02 Å². The minimum absolute atomic E-state index is 0.0386. The largest absolute Gasteiger partial charge is 0.487 e. The molecule has 4 aliphatic rings. The molecule has 2 aromatic carbocycles. The normalized spacial score (nSPS) is 30.3. The average molecular weight is 603 g/mol. The van der Waals surface area contributed by atoms with Crippen LogP contribution in [-0.4, -0.2) is 58.6 Å². The fourth-order valence-electron chi connectivity index (χ4n) is 6.68. The van der Waals surface area contributed by atoms with Gasteiger partial charge in [-0.05, 0) is 85.4 Å². The van der Waals surface area contributed by atoms with Gasteiger partial charge >= 0.3 is 0 Å². The van der Waals surface area contributed by atoms with Crippen LogP contribution in [0.3, 0.4) is 0 Å². The molecular weight excluding hydrogens is 564 g/mol. The van der Waals surface area contributed by atoms with Crippen molar-refractivity contribution in [3.63, 3.8) is 0 Å². The topological polar surface area (TPSA) is 94.2 Å². The van der Waals surface area contributed by atoms with Crippen LogP contribution in [0, 0.1) is 17.8 Å². The van der Waals surface area contributed by atoms with E-state index in [4.69, 9.17) is 25.8 Å². The molecule has 3 heterocycles. The van der Waals surface area contributed by atoms with E-state index in [1.165, 1.54) is 5.56 Å². The lowest BCUT2D eigenvalue weighted by Gasteiger charge is -2.47. The van der Waals surface area contributed by atoms with Gasteiger partial charge in [0.05, 0.1) is 36.9 Å². The number of amides is 1. The molecule has 6 rings (SSSR count). The molecule has 1 N–H and O–H groups in total. The Hall–Kier alpha value is -2.33. The second-order valence-electron chi connectivity index (χ2n) is 12.0. The van der Waals surface area contributed by atoms with Gasteiger partial charge in [0.2, 0.25) is 10.0 Å². The second-order valence-corrected chi connectivity index (χ2v) is 14.3. The quantitative estimate of drug-likeness (QED) is 0.455. The third-order valence-electron chi connectivity index (χ3n) is 9.25. The number of fused-ring (bicyclic) bond motifs is 6. The molecule has 3 aliphatic heterocycles. The molecule has 2 fully saturated rings.